The summed E-state index contributed by atoms with van der Waals surface area (Å²) in [4.78, 5) is 60.5. The molecule has 2 aromatic heterocycles. The van der Waals surface area contributed by atoms with E-state index < -0.39 is 11.9 Å². The second-order valence-electron chi connectivity index (χ2n) is 16.3. The SMILES string of the molecule is O=C1CCC(Nc2ccc(C3CCN([C@H]4CC[C@H](C(=O)N[C@H]5CC[C@H](Nc6ncc(F)c(-c7cccc(-n8ccccc8=O)c7)n6)CC5)CC4)CC3)c(F)c2)C(=O)N1. The van der Waals surface area contributed by atoms with E-state index in [1.165, 1.54) is 22.9 Å². The van der Waals surface area contributed by atoms with Crippen LogP contribution in [0, 0.1) is 17.6 Å². The number of piperidine rings is 2. The number of anilines is 2. The summed E-state index contributed by atoms with van der Waals surface area (Å²) in [6.45, 7) is 1.79. The number of aromatic nitrogens is 3. The van der Waals surface area contributed by atoms with Crippen LogP contribution in [0.25, 0.3) is 16.9 Å². The van der Waals surface area contributed by atoms with Gasteiger partial charge in [0.05, 0.1) is 6.20 Å². The van der Waals surface area contributed by atoms with Crippen molar-refractivity contribution in [3.63, 3.8) is 0 Å². The first-order valence-electron chi connectivity index (χ1n) is 20.7. The molecule has 58 heavy (non-hydrogen) atoms. The molecule has 1 unspecified atom stereocenters. The molecule has 0 bridgehead atoms. The van der Waals surface area contributed by atoms with Crippen LogP contribution in [-0.2, 0) is 14.4 Å². The molecule has 8 rings (SSSR count). The van der Waals surface area contributed by atoms with Crippen molar-refractivity contribution in [1.29, 1.82) is 0 Å². The highest BCUT2D eigenvalue weighted by molar-refractivity contribution is 6.01. The first kappa shape index (κ1) is 39.3. The number of rotatable bonds is 10. The molecule has 0 radical (unpaired) electrons. The minimum atomic E-state index is -0.551. The average molecular weight is 793 g/mol. The van der Waals surface area contributed by atoms with Gasteiger partial charge in [0.1, 0.15) is 17.6 Å². The molecule has 0 spiro atoms. The Morgan fingerprint density at radius 3 is 2.29 bits per heavy atom. The van der Waals surface area contributed by atoms with Crippen molar-refractivity contribution in [2.24, 2.45) is 5.92 Å². The predicted molar refractivity (Wildman–Crippen MR) is 216 cm³/mol. The number of likely N-dealkylation sites (tertiary alicyclic amines) is 1. The van der Waals surface area contributed by atoms with E-state index in [0.717, 1.165) is 77.3 Å². The van der Waals surface area contributed by atoms with Crippen LogP contribution in [0.15, 0.2) is 77.9 Å². The van der Waals surface area contributed by atoms with Crippen LogP contribution in [0.5, 0.6) is 0 Å². The molecule has 4 N–H and O–H groups in total. The molecule has 2 aliphatic heterocycles. The number of hydrogen-bond acceptors (Lipinski definition) is 9. The monoisotopic (exact) mass is 792 g/mol. The lowest BCUT2D eigenvalue weighted by Gasteiger charge is -2.41. The molecular formula is C44H50F2N8O4. The highest BCUT2D eigenvalue weighted by Crippen LogP contribution is 2.36. The number of amides is 3. The van der Waals surface area contributed by atoms with Gasteiger partial charge in [-0.25, -0.2) is 18.7 Å². The van der Waals surface area contributed by atoms with E-state index in [2.05, 4.69) is 36.1 Å². The molecule has 304 valence electrons. The molecule has 1 atom stereocenters. The lowest BCUT2D eigenvalue weighted by molar-refractivity contribution is -0.133. The maximum atomic E-state index is 15.3. The van der Waals surface area contributed by atoms with Crippen molar-refractivity contribution < 1.29 is 23.2 Å². The fourth-order valence-corrected chi connectivity index (χ4v) is 9.23. The van der Waals surface area contributed by atoms with Crippen LogP contribution in [-0.4, -0.2) is 74.4 Å². The number of hydrogen-bond donors (Lipinski definition) is 4. The van der Waals surface area contributed by atoms with Gasteiger partial charge in [0.15, 0.2) is 5.82 Å². The Hall–Kier alpha value is -5.50. The number of carbonyl (C=O) groups is 3. The van der Waals surface area contributed by atoms with E-state index in [0.29, 0.717) is 40.9 Å². The van der Waals surface area contributed by atoms with Crippen molar-refractivity contribution in [3.05, 3.63) is 101 Å². The number of nitrogens with zero attached hydrogens (tertiary/aromatic N) is 4. The second-order valence-corrected chi connectivity index (χ2v) is 16.3. The number of halogens is 2. The fraction of sp³-hybridized carbons (Fsp3) is 0.455. The highest BCUT2D eigenvalue weighted by Gasteiger charge is 2.34. The number of carbonyl (C=O) groups excluding carboxylic acids is 3. The third-order valence-corrected chi connectivity index (χ3v) is 12.5. The third-order valence-electron chi connectivity index (χ3n) is 12.5. The Morgan fingerprint density at radius 2 is 1.55 bits per heavy atom. The van der Waals surface area contributed by atoms with Crippen LogP contribution in [0.2, 0.25) is 0 Å². The number of benzene rings is 2. The van der Waals surface area contributed by atoms with Gasteiger partial charge in [0.2, 0.25) is 23.7 Å². The Balaban J connectivity index is 0.760. The van der Waals surface area contributed by atoms with Gasteiger partial charge in [-0.2, -0.15) is 0 Å². The van der Waals surface area contributed by atoms with Crippen LogP contribution >= 0.6 is 0 Å². The van der Waals surface area contributed by atoms with E-state index >= 15 is 4.39 Å². The lowest BCUT2D eigenvalue weighted by atomic mass is 9.82. The lowest BCUT2D eigenvalue weighted by Crippen LogP contribution is -2.47. The third kappa shape index (κ3) is 9.12. The molecule has 3 amide bonds. The zero-order valence-electron chi connectivity index (χ0n) is 32.5. The van der Waals surface area contributed by atoms with Crippen LogP contribution in [0.1, 0.15) is 88.5 Å². The van der Waals surface area contributed by atoms with Gasteiger partial charge < -0.3 is 20.9 Å². The summed E-state index contributed by atoms with van der Waals surface area (Å²) in [5.41, 5.74) is 2.37. The quantitative estimate of drug-likeness (QED) is 0.141. The van der Waals surface area contributed by atoms with Gasteiger partial charge in [-0.3, -0.25) is 29.1 Å². The van der Waals surface area contributed by atoms with Gasteiger partial charge in [0, 0.05) is 59.7 Å². The summed E-state index contributed by atoms with van der Waals surface area (Å²) in [7, 11) is 0. The Labute approximate surface area is 336 Å². The van der Waals surface area contributed by atoms with Crippen molar-refractivity contribution in [2.45, 2.75) is 107 Å². The highest BCUT2D eigenvalue weighted by atomic mass is 19.1. The van der Waals surface area contributed by atoms with Crippen LogP contribution in [0.3, 0.4) is 0 Å². The van der Waals surface area contributed by atoms with Crippen molar-refractivity contribution in [3.8, 4) is 16.9 Å². The molecule has 4 fully saturated rings. The normalized spacial score (nSPS) is 24.5. The fourth-order valence-electron chi connectivity index (χ4n) is 9.23. The Kier molecular flexibility index (Phi) is 11.9. The second kappa shape index (κ2) is 17.6. The maximum absolute atomic E-state index is 15.3. The molecule has 2 saturated carbocycles. The predicted octanol–water partition coefficient (Wildman–Crippen LogP) is 6.07. The first-order chi connectivity index (χ1) is 28.2. The Bertz CT molecular complexity index is 2190. The summed E-state index contributed by atoms with van der Waals surface area (Å²) >= 11 is 0. The topological polar surface area (TPSA) is 150 Å². The Morgan fingerprint density at radius 1 is 0.776 bits per heavy atom. The maximum Gasteiger partial charge on any atom is 0.255 e. The smallest absolute Gasteiger partial charge is 0.255 e. The largest absolute Gasteiger partial charge is 0.374 e. The van der Waals surface area contributed by atoms with Gasteiger partial charge in [0.25, 0.3) is 5.56 Å². The van der Waals surface area contributed by atoms with Crippen LogP contribution in [0.4, 0.5) is 20.4 Å². The van der Waals surface area contributed by atoms with Gasteiger partial charge in [-0.1, -0.05) is 24.3 Å². The van der Waals surface area contributed by atoms with Gasteiger partial charge in [-0.15, -0.1) is 0 Å². The zero-order chi connectivity index (χ0) is 40.2. The van der Waals surface area contributed by atoms with Crippen molar-refractivity contribution in [2.75, 3.05) is 23.7 Å². The molecule has 14 heteroatoms. The standard InChI is InChI=1S/C44H50F2N8O4/c45-36-25-32(48-38-17-18-39(55)51-43(38)58)13-16-35(36)27-19-22-53(23-20-27)33-14-7-28(8-15-33)42(57)49-30-9-11-31(12-10-30)50-44-47-26-37(46)41(52-44)29-4-3-5-34(24-29)54-21-2-1-6-40(54)56/h1-6,13,16,21,24-28,30-31,33,38,48H,7-12,14-15,17-20,22-23H2,(H,49,57)(H,47,50,52)(H,51,55,58)/t28-,30-,31-,33-,38?. The molecule has 4 aliphatic rings. The van der Waals surface area contributed by atoms with Crippen molar-refractivity contribution in [1.82, 2.24) is 30.1 Å². The average Bonchev–Trinajstić information content (AvgIpc) is 3.24. The van der Waals surface area contributed by atoms with Crippen LogP contribution < -0.4 is 26.8 Å². The first-order valence-corrected chi connectivity index (χ1v) is 20.7. The molecular weight excluding hydrogens is 743 g/mol. The van der Waals surface area contributed by atoms with E-state index in [9.17, 15) is 23.6 Å². The number of imide groups is 1. The molecule has 2 aromatic carbocycles. The van der Waals surface area contributed by atoms with E-state index in [1.54, 1.807) is 42.6 Å². The minimum Gasteiger partial charge on any atom is -0.374 e. The zero-order valence-corrected chi connectivity index (χ0v) is 32.5. The molecule has 2 saturated heterocycles. The summed E-state index contributed by atoms with van der Waals surface area (Å²) < 4.78 is 31.7. The summed E-state index contributed by atoms with van der Waals surface area (Å²) in [6, 6.07) is 17.2. The molecule has 2 aliphatic carbocycles. The van der Waals surface area contributed by atoms with Gasteiger partial charge in [-0.05, 0) is 126 Å². The van der Waals surface area contributed by atoms with E-state index in [1.807, 2.05) is 12.1 Å². The summed E-state index contributed by atoms with van der Waals surface area (Å²) in [5, 5.41) is 12.1. The minimum absolute atomic E-state index is 0.0103. The number of nitrogens with one attached hydrogen (secondary N) is 4. The molecule has 12 nitrogen and oxygen atoms in total. The number of pyridine rings is 1. The summed E-state index contributed by atoms with van der Waals surface area (Å²) in [5.74, 6) is -0.854. The molecule has 4 aromatic rings. The van der Waals surface area contributed by atoms with E-state index in [-0.39, 0.29) is 65.1 Å². The van der Waals surface area contributed by atoms with E-state index in [4.69, 9.17) is 0 Å². The molecule has 4 heterocycles. The summed E-state index contributed by atoms with van der Waals surface area (Å²) in [6.07, 6.45) is 12.2. The van der Waals surface area contributed by atoms with Crippen molar-refractivity contribution >= 4 is 29.4 Å². The van der Waals surface area contributed by atoms with Gasteiger partial charge >= 0.3 is 0 Å².